The molecule has 9 nitrogen and oxygen atoms in total. The van der Waals surface area contributed by atoms with Crippen molar-refractivity contribution in [1.82, 2.24) is 9.88 Å². The number of aromatic nitrogens is 1. The van der Waals surface area contributed by atoms with Crippen molar-refractivity contribution >= 4 is 29.0 Å². The molecule has 158 valence electrons. The minimum atomic E-state index is -0.452. The molecule has 1 aromatic heterocycles. The van der Waals surface area contributed by atoms with E-state index in [9.17, 15) is 19.7 Å². The smallest absolute Gasteiger partial charge is 0.292 e. The lowest BCUT2D eigenvalue weighted by atomic mass is 9.95. The summed E-state index contributed by atoms with van der Waals surface area (Å²) in [7, 11) is 0. The van der Waals surface area contributed by atoms with E-state index < -0.39 is 4.92 Å². The number of nitrogens with one attached hydrogen (secondary N) is 2. The zero-order chi connectivity index (χ0) is 21.5. The van der Waals surface area contributed by atoms with Crippen LogP contribution in [0.2, 0.25) is 0 Å². The van der Waals surface area contributed by atoms with E-state index in [0.29, 0.717) is 44.0 Å². The Hall–Kier alpha value is -3.49. The number of amides is 2. The number of carbonyl (C=O) groups excluding carboxylic acids is 2. The van der Waals surface area contributed by atoms with Gasteiger partial charge in [0.2, 0.25) is 11.8 Å². The van der Waals surface area contributed by atoms with Crippen LogP contribution in [0.15, 0.2) is 42.6 Å². The van der Waals surface area contributed by atoms with Crippen LogP contribution in [0.4, 0.5) is 17.2 Å². The summed E-state index contributed by atoms with van der Waals surface area (Å²) < 4.78 is 0. The summed E-state index contributed by atoms with van der Waals surface area (Å²) in [6, 6.07) is 10.0. The predicted octanol–water partition coefficient (Wildman–Crippen LogP) is 2.98. The van der Waals surface area contributed by atoms with Gasteiger partial charge in [0.15, 0.2) is 0 Å². The topological polar surface area (TPSA) is 117 Å². The molecule has 0 saturated carbocycles. The fraction of sp³-hybridized carbons (Fsp3) is 0.381. The second kappa shape index (κ2) is 9.82. The molecular formula is C21H25N5O4. The SMILES string of the molecule is Cc1ccnc(NC(=O)C2CCN(C(=O)CCNc3ccccc3[N+](=O)[O-])CC2)c1. The van der Waals surface area contributed by atoms with Crippen molar-refractivity contribution in [1.29, 1.82) is 0 Å². The van der Waals surface area contributed by atoms with Gasteiger partial charge < -0.3 is 15.5 Å². The van der Waals surface area contributed by atoms with Gasteiger partial charge in [-0.1, -0.05) is 12.1 Å². The third kappa shape index (κ3) is 5.53. The summed E-state index contributed by atoms with van der Waals surface area (Å²) >= 11 is 0. The molecule has 0 radical (unpaired) electrons. The summed E-state index contributed by atoms with van der Waals surface area (Å²) in [5.41, 5.74) is 1.41. The minimum Gasteiger partial charge on any atom is -0.379 e. The average molecular weight is 411 g/mol. The average Bonchev–Trinajstić information content (AvgIpc) is 2.74. The first kappa shape index (κ1) is 21.2. The van der Waals surface area contributed by atoms with Gasteiger partial charge in [-0.2, -0.15) is 0 Å². The maximum atomic E-state index is 12.5. The van der Waals surface area contributed by atoms with Gasteiger partial charge in [0.1, 0.15) is 11.5 Å². The third-order valence-electron chi connectivity index (χ3n) is 5.14. The number of piperidine rings is 1. The van der Waals surface area contributed by atoms with Crippen molar-refractivity contribution in [3.8, 4) is 0 Å². The normalized spacial score (nSPS) is 14.2. The molecule has 2 N–H and O–H groups in total. The van der Waals surface area contributed by atoms with Crippen molar-refractivity contribution in [3.05, 3.63) is 58.3 Å². The summed E-state index contributed by atoms with van der Waals surface area (Å²) in [4.78, 5) is 41.4. The lowest BCUT2D eigenvalue weighted by Crippen LogP contribution is -2.42. The molecule has 1 aliphatic heterocycles. The number of benzene rings is 1. The molecule has 0 atom stereocenters. The van der Waals surface area contributed by atoms with E-state index >= 15 is 0 Å². The van der Waals surface area contributed by atoms with Gasteiger partial charge in [0.25, 0.3) is 5.69 Å². The molecule has 1 saturated heterocycles. The number of pyridine rings is 1. The van der Waals surface area contributed by atoms with Crippen LogP contribution in [0.3, 0.4) is 0 Å². The Labute approximate surface area is 174 Å². The number of anilines is 2. The maximum Gasteiger partial charge on any atom is 0.292 e. The van der Waals surface area contributed by atoms with E-state index in [-0.39, 0.29) is 29.8 Å². The molecule has 2 amide bonds. The monoisotopic (exact) mass is 411 g/mol. The van der Waals surface area contributed by atoms with Crippen LogP contribution < -0.4 is 10.6 Å². The number of hydrogen-bond acceptors (Lipinski definition) is 6. The van der Waals surface area contributed by atoms with Crippen LogP contribution in [-0.2, 0) is 9.59 Å². The van der Waals surface area contributed by atoms with Gasteiger partial charge in [-0.05, 0) is 43.5 Å². The fourth-order valence-corrected chi connectivity index (χ4v) is 3.47. The number of likely N-dealkylation sites (tertiary alicyclic amines) is 1. The number of nitro groups is 1. The van der Waals surface area contributed by atoms with E-state index in [2.05, 4.69) is 15.6 Å². The zero-order valence-corrected chi connectivity index (χ0v) is 16.8. The number of aryl methyl sites for hydroxylation is 1. The molecule has 2 heterocycles. The van der Waals surface area contributed by atoms with Crippen LogP contribution in [0.25, 0.3) is 0 Å². The molecule has 0 spiro atoms. The second-order valence-corrected chi connectivity index (χ2v) is 7.31. The highest BCUT2D eigenvalue weighted by Gasteiger charge is 2.27. The number of nitro benzene ring substituents is 1. The van der Waals surface area contributed by atoms with Crippen molar-refractivity contribution in [3.63, 3.8) is 0 Å². The van der Waals surface area contributed by atoms with Crippen LogP contribution >= 0.6 is 0 Å². The van der Waals surface area contributed by atoms with Gasteiger partial charge in [-0.25, -0.2) is 4.98 Å². The third-order valence-corrected chi connectivity index (χ3v) is 5.14. The highest BCUT2D eigenvalue weighted by Crippen LogP contribution is 2.23. The Morgan fingerprint density at radius 3 is 2.67 bits per heavy atom. The van der Waals surface area contributed by atoms with Gasteiger partial charge in [0.05, 0.1) is 4.92 Å². The van der Waals surface area contributed by atoms with Crippen molar-refractivity contribution < 1.29 is 14.5 Å². The highest BCUT2D eigenvalue weighted by atomic mass is 16.6. The molecule has 0 aliphatic carbocycles. The summed E-state index contributed by atoms with van der Waals surface area (Å²) in [6.45, 7) is 3.28. The standard InChI is InChI=1S/C21H25N5O4/c1-15-6-10-23-19(14-15)24-21(28)16-8-12-25(13-9-16)20(27)7-11-22-17-4-2-3-5-18(17)26(29)30/h2-6,10,14,16,22H,7-9,11-13H2,1H3,(H,23,24,28). The summed E-state index contributed by atoms with van der Waals surface area (Å²) in [5, 5.41) is 16.8. The molecule has 1 fully saturated rings. The first-order valence-electron chi connectivity index (χ1n) is 9.92. The zero-order valence-electron chi connectivity index (χ0n) is 16.8. The predicted molar refractivity (Wildman–Crippen MR) is 113 cm³/mol. The quantitative estimate of drug-likeness (QED) is 0.534. The lowest BCUT2D eigenvalue weighted by Gasteiger charge is -2.31. The van der Waals surface area contributed by atoms with Crippen LogP contribution in [0.5, 0.6) is 0 Å². The molecule has 1 aliphatic rings. The number of para-hydroxylation sites is 2. The summed E-state index contributed by atoms with van der Waals surface area (Å²) in [5.74, 6) is 0.291. The Morgan fingerprint density at radius 1 is 1.23 bits per heavy atom. The van der Waals surface area contributed by atoms with Gasteiger partial charge >= 0.3 is 0 Å². The minimum absolute atomic E-state index is 0.0140. The molecule has 1 aromatic carbocycles. The maximum absolute atomic E-state index is 12.5. The van der Waals surface area contributed by atoms with E-state index in [1.165, 1.54) is 6.07 Å². The lowest BCUT2D eigenvalue weighted by molar-refractivity contribution is -0.384. The number of carbonyl (C=O) groups is 2. The Bertz CT molecular complexity index is 925. The molecule has 0 unspecified atom stereocenters. The molecule has 9 heteroatoms. The Morgan fingerprint density at radius 2 is 1.97 bits per heavy atom. The van der Waals surface area contributed by atoms with Crippen molar-refractivity contribution in [2.75, 3.05) is 30.3 Å². The summed E-state index contributed by atoms with van der Waals surface area (Å²) in [6.07, 6.45) is 3.09. The van der Waals surface area contributed by atoms with Crippen LogP contribution in [-0.4, -0.2) is 46.3 Å². The Balaban J connectivity index is 1.43. The molecule has 2 aromatic rings. The molecule has 3 rings (SSSR count). The molecule has 0 bridgehead atoms. The van der Waals surface area contributed by atoms with Gasteiger partial charge in [-0.3, -0.25) is 19.7 Å². The second-order valence-electron chi connectivity index (χ2n) is 7.31. The van der Waals surface area contributed by atoms with Crippen LogP contribution in [0.1, 0.15) is 24.8 Å². The van der Waals surface area contributed by atoms with E-state index in [0.717, 1.165) is 5.56 Å². The largest absolute Gasteiger partial charge is 0.379 e. The molecule has 30 heavy (non-hydrogen) atoms. The number of hydrogen-bond donors (Lipinski definition) is 2. The van der Waals surface area contributed by atoms with Crippen molar-refractivity contribution in [2.24, 2.45) is 5.92 Å². The van der Waals surface area contributed by atoms with E-state index in [4.69, 9.17) is 0 Å². The number of rotatable bonds is 7. The molecular weight excluding hydrogens is 386 g/mol. The highest BCUT2D eigenvalue weighted by molar-refractivity contribution is 5.92. The van der Waals surface area contributed by atoms with Crippen LogP contribution in [0, 0.1) is 23.0 Å². The Kier molecular flexibility index (Phi) is 6.95. The first-order valence-corrected chi connectivity index (χ1v) is 9.92. The van der Waals surface area contributed by atoms with Crippen molar-refractivity contribution in [2.45, 2.75) is 26.2 Å². The van der Waals surface area contributed by atoms with Gasteiger partial charge in [-0.15, -0.1) is 0 Å². The fourth-order valence-electron chi connectivity index (χ4n) is 3.47. The van der Waals surface area contributed by atoms with E-state index in [1.54, 1.807) is 29.3 Å². The van der Waals surface area contributed by atoms with E-state index in [1.807, 2.05) is 19.1 Å². The first-order chi connectivity index (χ1) is 14.4. The van der Waals surface area contributed by atoms with Gasteiger partial charge in [0, 0.05) is 44.2 Å². The number of nitrogens with zero attached hydrogens (tertiary/aromatic N) is 3.